The number of anilines is 1. The third kappa shape index (κ3) is 2.54. The number of aryl methyl sites for hydroxylation is 1. The molecule has 2 nitrogen and oxygen atoms in total. The van der Waals surface area contributed by atoms with E-state index in [-0.39, 0.29) is 0 Å². The molecule has 1 heterocycles. The molecule has 0 bridgehead atoms. The van der Waals surface area contributed by atoms with Crippen molar-refractivity contribution in [2.75, 3.05) is 11.4 Å². The highest BCUT2D eigenvalue weighted by Gasteiger charge is 2.30. The third-order valence-electron chi connectivity index (χ3n) is 4.45. The van der Waals surface area contributed by atoms with Crippen molar-refractivity contribution < 1.29 is 0 Å². The standard InChI is InChI=1S/C16H26N2/c1-4-7-14-8-5-6-9-16(14)18-11-10-15(17)12(2)13(18)3/h5-6,8-9,12-13,15H,4,7,10-11,17H2,1-3H3. The Hall–Kier alpha value is -1.02. The Kier molecular flexibility index (Phi) is 4.28. The molecule has 0 radical (unpaired) electrons. The van der Waals surface area contributed by atoms with Crippen LogP contribution >= 0.6 is 0 Å². The zero-order valence-electron chi connectivity index (χ0n) is 11.9. The number of hydrogen-bond acceptors (Lipinski definition) is 2. The predicted octanol–water partition coefficient (Wildman–Crippen LogP) is 3.20. The minimum Gasteiger partial charge on any atom is -0.368 e. The summed E-state index contributed by atoms with van der Waals surface area (Å²) in [5.74, 6) is 0.563. The molecule has 1 aromatic carbocycles. The minimum atomic E-state index is 0.356. The number of nitrogens with two attached hydrogens (primary N) is 1. The summed E-state index contributed by atoms with van der Waals surface area (Å²) in [7, 11) is 0. The van der Waals surface area contributed by atoms with E-state index < -0.39 is 0 Å². The summed E-state index contributed by atoms with van der Waals surface area (Å²) in [5, 5.41) is 0. The van der Waals surface area contributed by atoms with Gasteiger partial charge in [0, 0.05) is 24.3 Å². The van der Waals surface area contributed by atoms with Crippen LogP contribution in [0.25, 0.3) is 0 Å². The zero-order valence-corrected chi connectivity index (χ0v) is 11.9. The summed E-state index contributed by atoms with van der Waals surface area (Å²) in [6.45, 7) is 7.93. The highest BCUT2D eigenvalue weighted by atomic mass is 15.2. The van der Waals surface area contributed by atoms with E-state index >= 15 is 0 Å². The molecule has 2 N–H and O–H groups in total. The molecule has 1 aromatic rings. The molecule has 2 heteroatoms. The summed E-state index contributed by atoms with van der Waals surface area (Å²) < 4.78 is 0. The molecule has 1 aliphatic rings. The molecule has 1 saturated heterocycles. The van der Waals surface area contributed by atoms with Gasteiger partial charge in [-0.3, -0.25) is 0 Å². The largest absolute Gasteiger partial charge is 0.368 e. The number of hydrogen-bond donors (Lipinski definition) is 1. The average Bonchev–Trinajstić information content (AvgIpc) is 2.38. The first-order chi connectivity index (χ1) is 8.65. The Labute approximate surface area is 111 Å². The maximum atomic E-state index is 6.18. The van der Waals surface area contributed by atoms with Crippen molar-refractivity contribution in [3.8, 4) is 0 Å². The van der Waals surface area contributed by atoms with Gasteiger partial charge in [0.15, 0.2) is 0 Å². The van der Waals surface area contributed by atoms with Gasteiger partial charge in [-0.2, -0.15) is 0 Å². The molecule has 0 aromatic heterocycles. The Morgan fingerprint density at radius 3 is 2.72 bits per heavy atom. The highest BCUT2D eigenvalue weighted by Crippen LogP contribution is 2.30. The predicted molar refractivity (Wildman–Crippen MR) is 79.0 cm³/mol. The van der Waals surface area contributed by atoms with Crippen LogP contribution in [0.3, 0.4) is 0 Å². The fraction of sp³-hybridized carbons (Fsp3) is 0.625. The molecule has 0 saturated carbocycles. The molecule has 0 spiro atoms. The van der Waals surface area contributed by atoms with E-state index in [4.69, 9.17) is 5.73 Å². The maximum Gasteiger partial charge on any atom is 0.0401 e. The van der Waals surface area contributed by atoms with Crippen LogP contribution in [0.15, 0.2) is 24.3 Å². The number of benzene rings is 1. The zero-order chi connectivity index (χ0) is 13.1. The van der Waals surface area contributed by atoms with Crippen LogP contribution in [0.2, 0.25) is 0 Å². The monoisotopic (exact) mass is 246 g/mol. The van der Waals surface area contributed by atoms with Crippen molar-refractivity contribution in [1.82, 2.24) is 0 Å². The third-order valence-corrected chi connectivity index (χ3v) is 4.45. The first kappa shape index (κ1) is 13.4. The first-order valence-corrected chi connectivity index (χ1v) is 7.25. The van der Waals surface area contributed by atoms with Crippen LogP contribution in [0.4, 0.5) is 5.69 Å². The molecule has 2 rings (SSSR count). The van der Waals surface area contributed by atoms with Gasteiger partial charge in [0.05, 0.1) is 0 Å². The van der Waals surface area contributed by atoms with E-state index in [2.05, 4.69) is 49.9 Å². The van der Waals surface area contributed by atoms with E-state index in [1.807, 2.05) is 0 Å². The molecular formula is C16H26N2. The lowest BCUT2D eigenvalue weighted by Gasteiger charge is -2.43. The lowest BCUT2D eigenvalue weighted by atomic mass is 9.87. The summed E-state index contributed by atoms with van der Waals surface area (Å²) >= 11 is 0. The smallest absolute Gasteiger partial charge is 0.0401 e. The average molecular weight is 246 g/mol. The lowest BCUT2D eigenvalue weighted by molar-refractivity contribution is 0.315. The molecular weight excluding hydrogens is 220 g/mol. The SMILES string of the molecule is CCCc1ccccc1N1CCC(N)C(C)C1C. The number of para-hydroxylation sites is 1. The summed E-state index contributed by atoms with van der Waals surface area (Å²) in [6, 6.07) is 9.73. The summed E-state index contributed by atoms with van der Waals surface area (Å²) in [6.07, 6.45) is 3.47. The Bertz CT molecular complexity index is 388. The summed E-state index contributed by atoms with van der Waals surface area (Å²) in [4.78, 5) is 2.55. The fourth-order valence-corrected chi connectivity index (χ4v) is 3.01. The van der Waals surface area contributed by atoms with Gasteiger partial charge in [-0.05, 0) is 37.3 Å². The fourth-order valence-electron chi connectivity index (χ4n) is 3.01. The molecule has 1 fully saturated rings. The molecule has 0 aliphatic carbocycles. The van der Waals surface area contributed by atoms with Gasteiger partial charge in [0.2, 0.25) is 0 Å². The van der Waals surface area contributed by atoms with E-state index in [1.54, 1.807) is 0 Å². The minimum absolute atomic E-state index is 0.356. The second-order valence-electron chi connectivity index (χ2n) is 5.62. The van der Waals surface area contributed by atoms with Crippen LogP contribution in [0.1, 0.15) is 39.2 Å². The first-order valence-electron chi connectivity index (χ1n) is 7.25. The van der Waals surface area contributed by atoms with E-state index in [1.165, 1.54) is 24.1 Å². The molecule has 0 amide bonds. The Morgan fingerprint density at radius 1 is 1.28 bits per heavy atom. The second kappa shape index (κ2) is 5.75. The lowest BCUT2D eigenvalue weighted by Crippen LogP contribution is -2.52. The number of piperidine rings is 1. The Morgan fingerprint density at radius 2 is 2.00 bits per heavy atom. The topological polar surface area (TPSA) is 29.3 Å². The van der Waals surface area contributed by atoms with Gasteiger partial charge in [-0.1, -0.05) is 38.5 Å². The van der Waals surface area contributed by atoms with Crippen molar-refractivity contribution in [3.63, 3.8) is 0 Å². The van der Waals surface area contributed by atoms with Gasteiger partial charge in [0.25, 0.3) is 0 Å². The second-order valence-corrected chi connectivity index (χ2v) is 5.62. The van der Waals surface area contributed by atoms with E-state index in [9.17, 15) is 0 Å². The molecule has 1 aliphatic heterocycles. The number of nitrogens with zero attached hydrogens (tertiary/aromatic N) is 1. The van der Waals surface area contributed by atoms with Crippen LogP contribution in [-0.4, -0.2) is 18.6 Å². The molecule has 3 unspecified atom stereocenters. The Balaban J connectivity index is 2.25. The van der Waals surface area contributed by atoms with Crippen LogP contribution in [0.5, 0.6) is 0 Å². The van der Waals surface area contributed by atoms with E-state index in [0.717, 1.165) is 13.0 Å². The molecule has 3 atom stereocenters. The molecule has 18 heavy (non-hydrogen) atoms. The van der Waals surface area contributed by atoms with Crippen molar-refractivity contribution in [2.45, 2.75) is 52.1 Å². The van der Waals surface area contributed by atoms with Gasteiger partial charge in [0.1, 0.15) is 0 Å². The summed E-state index contributed by atoms with van der Waals surface area (Å²) in [5.41, 5.74) is 9.08. The maximum absolute atomic E-state index is 6.18. The van der Waals surface area contributed by atoms with Crippen LogP contribution in [-0.2, 0) is 6.42 Å². The normalized spacial score (nSPS) is 28.4. The van der Waals surface area contributed by atoms with Crippen molar-refractivity contribution >= 4 is 5.69 Å². The molecule has 100 valence electrons. The number of rotatable bonds is 3. The van der Waals surface area contributed by atoms with Crippen molar-refractivity contribution in [1.29, 1.82) is 0 Å². The van der Waals surface area contributed by atoms with Gasteiger partial charge >= 0.3 is 0 Å². The van der Waals surface area contributed by atoms with E-state index in [0.29, 0.717) is 18.0 Å². The van der Waals surface area contributed by atoms with Gasteiger partial charge in [-0.25, -0.2) is 0 Å². The highest BCUT2D eigenvalue weighted by molar-refractivity contribution is 5.55. The van der Waals surface area contributed by atoms with Gasteiger partial charge in [-0.15, -0.1) is 0 Å². The van der Waals surface area contributed by atoms with Crippen LogP contribution in [0, 0.1) is 5.92 Å². The van der Waals surface area contributed by atoms with Crippen molar-refractivity contribution in [3.05, 3.63) is 29.8 Å². The van der Waals surface area contributed by atoms with Crippen molar-refractivity contribution in [2.24, 2.45) is 11.7 Å². The van der Waals surface area contributed by atoms with Crippen LogP contribution < -0.4 is 10.6 Å². The van der Waals surface area contributed by atoms with Gasteiger partial charge < -0.3 is 10.6 Å². The quantitative estimate of drug-likeness (QED) is 0.887.